The van der Waals surface area contributed by atoms with Crippen LogP contribution in [0.2, 0.25) is 0 Å². The van der Waals surface area contributed by atoms with Gasteiger partial charge in [-0.05, 0) is 38.6 Å². The number of nitrogens with one attached hydrogen (secondary N) is 1. The molecule has 2 heterocycles. The average molecular weight is 257 g/mol. The van der Waals surface area contributed by atoms with Crippen molar-refractivity contribution in [2.45, 2.75) is 18.9 Å². The number of para-hydroxylation sites is 2. The molecule has 1 fully saturated rings. The van der Waals surface area contributed by atoms with Gasteiger partial charge in [-0.15, -0.1) is 0 Å². The summed E-state index contributed by atoms with van der Waals surface area (Å²) in [5.41, 5.74) is 7.67. The fourth-order valence-corrected chi connectivity index (χ4v) is 2.60. The predicted molar refractivity (Wildman–Crippen MR) is 78.1 cm³/mol. The van der Waals surface area contributed by atoms with Gasteiger partial charge in [-0.3, -0.25) is 0 Å². The third-order valence-corrected chi connectivity index (χ3v) is 3.77. The Morgan fingerprint density at radius 2 is 2.05 bits per heavy atom. The second-order valence-corrected chi connectivity index (χ2v) is 5.10. The standard InChI is InChI=1S/C14H19N5/c1-19-8-4-5-10(19)9-16-14-13(15)17-11-6-2-3-7-12(11)18-14/h2-3,6-7,10H,4-5,8-9H2,1H3,(H2,15,17)(H,16,18). The number of likely N-dealkylation sites (N-methyl/N-ethyl adjacent to an activating group) is 1. The smallest absolute Gasteiger partial charge is 0.169 e. The molecule has 1 aromatic carbocycles. The molecule has 0 radical (unpaired) electrons. The SMILES string of the molecule is CN1CCCC1CNc1nc2ccccc2nc1N. The van der Waals surface area contributed by atoms with E-state index in [0.717, 1.165) is 17.6 Å². The Kier molecular flexibility index (Phi) is 3.21. The lowest BCUT2D eigenvalue weighted by atomic mass is 10.2. The predicted octanol–water partition coefficient (Wildman–Crippen LogP) is 1.72. The van der Waals surface area contributed by atoms with Crippen molar-refractivity contribution in [2.75, 3.05) is 31.2 Å². The van der Waals surface area contributed by atoms with Crippen LogP contribution in [0.3, 0.4) is 0 Å². The van der Waals surface area contributed by atoms with Crippen molar-refractivity contribution < 1.29 is 0 Å². The van der Waals surface area contributed by atoms with E-state index in [4.69, 9.17) is 5.73 Å². The highest BCUT2D eigenvalue weighted by Crippen LogP contribution is 2.20. The van der Waals surface area contributed by atoms with Gasteiger partial charge >= 0.3 is 0 Å². The molecule has 0 aliphatic carbocycles. The van der Waals surface area contributed by atoms with E-state index < -0.39 is 0 Å². The number of nitrogen functional groups attached to an aromatic ring is 1. The highest BCUT2D eigenvalue weighted by Gasteiger charge is 2.20. The third kappa shape index (κ3) is 2.46. The molecule has 0 spiro atoms. The van der Waals surface area contributed by atoms with E-state index >= 15 is 0 Å². The van der Waals surface area contributed by atoms with E-state index in [2.05, 4.69) is 27.2 Å². The number of likely N-dealkylation sites (tertiary alicyclic amines) is 1. The van der Waals surface area contributed by atoms with Gasteiger partial charge in [-0.25, -0.2) is 9.97 Å². The molecule has 0 bridgehead atoms. The van der Waals surface area contributed by atoms with Crippen molar-refractivity contribution in [1.82, 2.24) is 14.9 Å². The maximum absolute atomic E-state index is 5.96. The number of anilines is 2. The van der Waals surface area contributed by atoms with Crippen LogP contribution in [0.5, 0.6) is 0 Å². The fourth-order valence-electron chi connectivity index (χ4n) is 2.60. The van der Waals surface area contributed by atoms with Crippen LogP contribution in [-0.4, -0.2) is 41.0 Å². The first-order valence-electron chi connectivity index (χ1n) is 6.70. The summed E-state index contributed by atoms with van der Waals surface area (Å²) >= 11 is 0. The lowest BCUT2D eigenvalue weighted by Gasteiger charge is -2.20. The van der Waals surface area contributed by atoms with Gasteiger partial charge in [0.25, 0.3) is 0 Å². The molecule has 1 aliphatic rings. The van der Waals surface area contributed by atoms with Gasteiger partial charge in [0.1, 0.15) is 0 Å². The van der Waals surface area contributed by atoms with Gasteiger partial charge in [0.15, 0.2) is 11.6 Å². The molecule has 3 rings (SSSR count). The molecular formula is C14H19N5. The molecule has 1 saturated heterocycles. The van der Waals surface area contributed by atoms with Gasteiger partial charge in [-0.1, -0.05) is 12.1 Å². The quantitative estimate of drug-likeness (QED) is 0.876. The summed E-state index contributed by atoms with van der Waals surface area (Å²) in [7, 11) is 2.16. The molecule has 5 nitrogen and oxygen atoms in total. The summed E-state index contributed by atoms with van der Waals surface area (Å²) in [6.07, 6.45) is 2.49. The molecular weight excluding hydrogens is 238 g/mol. The molecule has 5 heteroatoms. The number of hydrogen-bond donors (Lipinski definition) is 2. The molecule has 1 aromatic heterocycles. The van der Waals surface area contributed by atoms with Crippen LogP contribution in [0, 0.1) is 0 Å². The van der Waals surface area contributed by atoms with Gasteiger partial charge < -0.3 is 16.0 Å². The Balaban J connectivity index is 1.78. The first-order valence-corrected chi connectivity index (χ1v) is 6.70. The van der Waals surface area contributed by atoms with Gasteiger partial charge in [0.05, 0.1) is 11.0 Å². The molecule has 0 saturated carbocycles. The Morgan fingerprint density at radius 1 is 1.32 bits per heavy atom. The van der Waals surface area contributed by atoms with Crippen molar-refractivity contribution in [3.8, 4) is 0 Å². The molecule has 3 N–H and O–H groups in total. The van der Waals surface area contributed by atoms with E-state index in [1.807, 2.05) is 24.3 Å². The van der Waals surface area contributed by atoms with E-state index in [1.165, 1.54) is 19.4 Å². The molecule has 2 aromatic rings. The van der Waals surface area contributed by atoms with Crippen LogP contribution < -0.4 is 11.1 Å². The summed E-state index contributed by atoms with van der Waals surface area (Å²) in [6, 6.07) is 8.34. The third-order valence-electron chi connectivity index (χ3n) is 3.77. The van der Waals surface area contributed by atoms with E-state index in [9.17, 15) is 0 Å². The maximum Gasteiger partial charge on any atom is 0.169 e. The van der Waals surface area contributed by atoms with Gasteiger partial charge in [-0.2, -0.15) is 0 Å². The first-order chi connectivity index (χ1) is 9.24. The Hall–Kier alpha value is -1.88. The lowest BCUT2D eigenvalue weighted by molar-refractivity contribution is 0.322. The summed E-state index contributed by atoms with van der Waals surface area (Å²) in [6.45, 7) is 2.04. The van der Waals surface area contributed by atoms with Gasteiger partial charge in [0.2, 0.25) is 0 Å². The van der Waals surface area contributed by atoms with Crippen LogP contribution in [0.1, 0.15) is 12.8 Å². The molecule has 19 heavy (non-hydrogen) atoms. The first kappa shape index (κ1) is 12.2. The highest BCUT2D eigenvalue weighted by atomic mass is 15.2. The van der Waals surface area contributed by atoms with E-state index in [1.54, 1.807) is 0 Å². The van der Waals surface area contributed by atoms with E-state index in [-0.39, 0.29) is 0 Å². The summed E-state index contributed by atoms with van der Waals surface area (Å²) in [5, 5.41) is 3.34. The number of nitrogens with zero attached hydrogens (tertiary/aromatic N) is 3. The topological polar surface area (TPSA) is 67.1 Å². The molecule has 1 aliphatic heterocycles. The van der Waals surface area contributed by atoms with Crippen molar-refractivity contribution in [2.24, 2.45) is 0 Å². The normalized spacial score (nSPS) is 19.9. The number of fused-ring (bicyclic) bond motifs is 1. The highest BCUT2D eigenvalue weighted by molar-refractivity contribution is 5.79. The van der Waals surface area contributed by atoms with Crippen molar-refractivity contribution in [3.63, 3.8) is 0 Å². The van der Waals surface area contributed by atoms with E-state index in [0.29, 0.717) is 17.7 Å². The number of rotatable bonds is 3. The Labute approximate surface area is 112 Å². The zero-order valence-electron chi connectivity index (χ0n) is 11.1. The largest absolute Gasteiger partial charge is 0.381 e. The Morgan fingerprint density at radius 3 is 2.74 bits per heavy atom. The number of hydrogen-bond acceptors (Lipinski definition) is 5. The van der Waals surface area contributed by atoms with Crippen LogP contribution in [0.4, 0.5) is 11.6 Å². The zero-order chi connectivity index (χ0) is 13.2. The maximum atomic E-state index is 5.96. The minimum Gasteiger partial charge on any atom is -0.381 e. The van der Waals surface area contributed by atoms with Crippen LogP contribution in [-0.2, 0) is 0 Å². The monoisotopic (exact) mass is 257 g/mol. The van der Waals surface area contributed by atoms with Crippen molar-refractivity contribution >= 4 is 22.7 Å². The number of aromatic nitrogens is 2. The van der Waals surface area contributed by atoms with Crippen LogP contribution in [0.15, 0.2) is 24.3 Å². The molecule has 1 atom stereocenters. The molecule has 0 amide bonds. The summed E-state index contributed by atoms with van der Waals surface area (Å²) in [5.74, 6) is 1.17. The lowest BCUT2D eigenvalue weighted by Crippen LogP contribution is -2.32. The fraction of sp³-hybridized carbons (Fsp3) is 0.429. The number of benzene rings is 1. The number of nitrogens with two attached hydrogens (primary N) is 1. The minimum atomic E-state index is 0.472. The summed E-state index contributed by atoms with van der Waals surface area (Å²) < 4.78 is 0. The zero-order valence-corrected chi connectivity index (χ0v) is 11.1. The van der Waals surface area contributed by atoms with Crippen molar-refractivity contribution in [3.05, 3.63) is 24.3 Å². The Bertz CT molecular complexity index is 583. The molecule has 1 unspecified atom stereocenters. The van der Waals surface area contributed by atoms with Gasteiger partial charge in [0, 0.05) is 12.6 Å². The van der Waals surface area contributed by atoms with Crippen LogP contribution in [0.25, 0.3) is 11.0 Å². The van der Waals surface area contributed by atoms with Crippen LogP contribution >= 0.6 is 0 Å². The minimum absolute atomic E-state index is 0.472. The molecule has 100 valence electrons. The second kappa shape index (κ2) is 5.01. The summed E-state index contributed by atoms with van der Waals surface area (Å²) in [4.78, 5) is 11.3. The second-order valence-electron chi connectivity index (χ2n) is 5.10. The average Bonchev–Trinajstić information content (AvgIpc) is 2.82. The van der Waals surface area contributed by atoms with Crippen molar-refractivity contribution in [1.29, 1.82) is 0 Å².